The molecular formula is C12H21N3O2. The lowest BCUT2D eigenvalue weighted by Gasteiger charge is -2.23. The van der Waals surface area contributed by atoms with Gasteiger partial charge in [-0.15, -0.1) is 0 Å². The number of amides is 1. The quantitative estimate of drug-likeness (QED) is 0.798. The summed E-state index contributed by atoms with van der Waals surface area (Å²) in [5.74, 6) is -0.0726. The smallest absolute Gasteiger partial charge is 0.222 e. The lowest BCUT2D eigenvalue weighted by molar-refractivity contribution is -0.123. The summed E-state index contributed by atoms with van der Waals surface area (Å²) < 4.78 is 1.82. The molecule has 1 rings (SSSR count). The fraction of sp³-hybridized carbons (Fsp3) is 0.667. The van der Waals surface area contributed by atoms with Gasteiger partial charge in [0.25, 0.3) is 0 Å². The van der Waals surface area contributed by atoms with Gasteiger partial charge in [-0.2, -0.15) is 5.10 Å². The second-order valence-corrected chi connectivity index (χ2v) is 4.99. The lowest BCUT2D eigenvalue weighted by atomic mass is 10.1. The van der Waals surface area contributed by atoms with Crippen molar-refractivity contribution in [2.45, 2.75) is 46.2 Å². The van der Waals surface area contributed by atoms with Gasteiger partial charge in [0.2, 0.25) is 5.91 Å². The summed E-state index contributed by atoms with van der Waals surface area (Å²) in [6, 6.07) is 1.98. The van der Waals surface area contributed by atoms with Crippen LogP contribution in [-0.2, 0) is 11.3 Å². The molecule has 5 heteroatoms. The third-order valence-electron chi connectivity index (χ3n) is 2.53. The van der Waals surface area contributed by atoms with Gasteiger partial charge in [-0.05, 0) is 33.8 Å². The maximum Gasteiger partial charge on any atom is 0.222 e. The van der Waals surface area contributed by atoms with Crippen LogP contribution in [0.2, 0.25) is 0 Å². The van der Waals surface area contributed by atoms with Crippen molar-refractivity contribution < 1.29 is 9.90 Å². The molecule has 1 amide bonds. The van der Waals surface area contributed by atoms with Crippen molar-refractivity contribution >= 4 is 5.91 Å². The number of aliphatic hydroxyl groups is 1. The molecule has 0 radical (unpaired) electrons. The number of nitrogens with one attached hydrogen (secondary N) is 1. The maximum atomic E-state index is 11.6. The highest BCUT2D eigenvalue weighted by molar-refractivity contribution is 5.76. The molecule has 0 saturated carbocycles. The second-order valence-electron chi connectivity index (χ2n) is 4.99. The van der Waals surface area contributed by atoms with Crippen LogP contribution in [0.4, 0.5) is 0 Å². The minimum atomic E-state index is -0.563. The molecular weight excluding hydrogens is 218 g/mol. The Kier molecular flexibility index (Phi) is 4.28. The van der Waals surface area contributed by atoms with Crippen molar-refractivity contribution in [3.05, 3.63) is 17.5 Å². The van der Waals surface area contributed by atoms with E-state index in [2.05, 4.69) is 10.4 Å². The minimum absolute atomic E-state index is 0.0708. The molecule has 0 aromatic carbocycles. The van der Waals surface area contributed by atoms with Gasteiger partial charge in [0, 0.05) is 18.7 Å². The number of carbonyl (C=O) groups excluding carboxylic acids is 1. The maximum absolute atomic E-state index is 11.6. The first kappa shape index (κ1) is 13.7. The van der Waals surface area contributed by atoms with E-state index < -0.39 is 5.54 Å². The van der Waals surface area contributed by atoms with Crippen molar-refractivity contribution in [2.24, 2.45) is 0 Å². The van der Waals surface area contributed by atoms with Crippen LogP contribution in [0.5, 0.6) is 0 Å². The molecule has 96 valence electrons. The number of aliphatic hydroxyl groups excluding tert-OH is 1. The van der Waals surface area contributed by atoms with E-state index >= 15 is 0 Å². The number of hydrogen-bond donors (Lipinski definition) is 2. The van der Waals surface area contributed by atoms with Crippen molar-refractivity contribution in [3.63, 3.8) is 0 Å². The van der Waals surface area contributed by atoms with E-state index in [0.717, 1.165) is 11.4 Å². The Balaban J connectivity index is 2.46. The normalized spacial score (nSPS) is 11.6. The number of rotatable bonds is 5. The average molecular weight is 239 g/mol. The molecule has 0 fully saturated rings. The highest BCUT2D eigenvalue weighted by Gasteiger charge is 2.18. The molecule has 5 nitrogen and oxygen atoms in total. The molecule has 17 heavy (non-hydrogen) atoms. The number of nitrogens with zero attached hydrogens (tertiary/aromatic N) is 2. The van der Waals surface area contributed by atoms with E-state index in [9.17, 15) is 4.79 Å². The van der Waals surface area contributed by atoms with Gasteiger partial charge in [-0.25, -0.2) is 0 Å². The van der Waals surface area contributed by atoms with Crippen LogP contribution < -0.4 is 5.32 Å². The van der Waals surface area contributed by atoms with E-state index in [1.54, 1.807) is 13.8 Å². The van der Waals surface area contributed by atoms with Gasteiger partial charge in [-0.3, -0.25) is 9.48 Å². The first-order valence-corrected chi connectivity index (χ1v) is 5.77. The SMILES string of the molecule is Cc1cc(C)n(CCC(=O)NC(C)(C)CO)n1. The van der Waals surface area contributed by atoms with E-state index in [1.807, 2.05) is 24.6 Å². The number of aromatic nitrogens is 2. The zero-order valence-electron chi connectivity index (χ0n) is 10.9. The van der Waals surface area contributed by atoms with Crippen LogP contribution in [0.3, 0.4) is 0 Å². The van der Waals surface area contributed by atoms with E-state index in [-0.39, 0.29) is 12.5 Å². The van der Waals surface area contributed by atoms with Crippen molar-refractivity contribution in [1.82, 2.24) is 15.1 Å². The van der Waals surface area contributed by atoms with Crippen LogP contribution in [0, 0.1) is 13.8 Å². The summed E-state index contributed by atoms with van der Waals surface area (Å²) in [6.07, 6.45) is 0.366. The molecule has 0 aliphatic heterocycles. The molecule has 0 atom stereocenters. The zero-order valence-corrected chi connectivity index (χ0v) is 10.9. The number of hydrogen-bond acceptors (Lipinski definition) is 3. The van der Waals surface area contributed by atoms with Gasteiger partial charge < -0.3 is 10.4 Å². The molecule has 1 aromatic heterocycles. The van der Waals surface area contributed by atoms with Crippen molar-refractivity contribution in [1.29, 1.82) is 0 Å². The van der Waals surface area contributed by atoms with Gasteiger partial charge in [-0.1, -0.05) is 0 Å². The molecule has 0 saturated heterocycles. The summed E-state index contributed by atoms with van der Waals surface area (Å²) in [4.78, 5) is 11.6. The van der Waals surface area contributed by atoms with Gasteiger partial charge in [0.1, 0.15) is 0 Å². The van der Waals surface area contributed by atoms with E-state index in [0.29, 0.717) is 13.0 Å². The molecule has 1 aromatic rings. The van der Waals surface area contributed by atoms with Gasteiger partial charge in [0.15, 0.2) is 0 Å². The standard InChI is InChI=1S/C12H21N3O2/c1-9-7-10(2)15(14-9)6-5-11(17)13-12(3,4)8-16/h7,16H,5-6,8H2,1-4H3,(H,13,17). The first-order valence-electron chi connectivity index (χ1n) is 5.77. The summed E-state index contributed by atoms with van der Waals surface area (Å²) in [7, 11) is 0. The van der Waals surface area contributed by atoms with Crippen LogP contribution in [0.1, 0.15) is 31.7 Å². The topological polar surface area (TPSA) is 67.2 Å². The largest absolute Gasteiger partial charge is 0.394 e. The molecule has 0 aliphatic carbocycles. The van der Waals surface area contributed by atoms with Crippen LogP contribution in [0.25, 0.3) is 0 Å². The van der Waals surface area contributed by atoms with Crippen LogP contribution >= 0.6 is 0 Å². The second kappa shape index (κ2) is 5.31. The fourth-order valence-corrected chi connectivity index (χ4v) is 1.59. The third kappa shape index (κ3) is 4.19. The Morgan fingerprint density at radius 2 is 2.18 bits per heavy atom. The molecule has 2 N–H and O–H groups in total. The lowest BCUT2D eigenvalue weighted by Crippen LogP contribution is -2.46. The Bertz CT molecular complexity index is 396. The molecule has 0 spiro atoms. The predicted molar refractivity (Wildman–Crippen MR) is 65.6 cm³/mol. The third-order valence-corrected chi connectivity index (χ3v) is 2.53. The Hall–Kier alpha value is -1.36. The summed E-state index contributed by atoms with van der Waals surface area (Å²) >= 11 is 0. The summed E-state index contributed by atoms with van der Waals surface area (Å²) in [6.45, 7) is 7.96. The Morgan fingerprint density at radius 1 is 1.53 bits per heavy atom. The average Bonchev–Trinajstić information content (AvgIpc) is 2.54. The van der Waals surface area contributed by atoms with Crippen molar-refractivity contribution in [3.8, 4) is 0 Å². The van der Waals surface area contributed by atoms with Gasteiger partial charge >= 0.3 is 0 Å². The Labute approximate surface area is 102 Å². The molecule has 0 unspecified atom stereocenters. The molecule has 0 aliphatic rings. The van der Waals surface area contributed by atoms with Crippen LogP contribution in [-0.4, -0.2) is 32.9 Å². The van der Waals surface area contributed by atoms with Crippen molar-refractivity contribution in [2.75, 3.05) is 6.61 Å². The number of aryl methyl sites for hydroxylation is 3. The fourth-order valence-electron chi connectivity index (χ4n) is 1.59. The van der Waals surface area contributed by atoms with E-state index in [4.69, 9.17) is 5.11 Å². The Morgan fingerprint density at radius 3 is 2.65 bits per heavy atom. The molecule has 0 bridgehead atoms. The summed E-state index contributed by atoms with van der Waals surface area (Å²) in [5, 5.41) is 16.1. The highest BCUT2D eigenvalue weighted by Crippen LogP contribution is 2.04. The van der Waals surface area contributed by atoms with Crippen LogP contribution in [0.15, 0.2) is 6.07 Å². The van der Waals surface area contributed by atoms with E-state index in [1.165, 1.54) is 0 Å². The first-order chi connectivity index (χ1) is 7.84. The monoisotopic (exact) mass is 239 g/mol. The van der Waals surface area contributed by atoms with Gasteiger partial charge in [0.05, 0.1) is 17.8 Å². The highest BCUT2D eigenvalue weighted by atomic mass is 16.3. The number of carbonyl (C=O) groups is 1. The summed E-state index contributed by atoms with van der Waals surface area (Å²) in [5.41, 5.74) is 1.45. The predicted octanol–water partition coefficient (Wildman–Crippen LogP) is 0.777. The zero-order chi connectivity index (χ0) is 13.1. The molecule has 1 heterocycles. The minimum Gasteiger partial charge on any atom is -0.394 e.